The molecule has 0 aliphatic carbocycles. The van der Waals surface area contributed by atoms with Gasteiger partial charge < -0.3 is 11.1 Å². The van der Waals surface area contributed by atoms with Gasteiger partial charge in [0, 0.05) is 11.4 Å². The Morgan fingerprint density at radius 3 is 2.50 bits per heavy atom. The van der Waals surface area contributed by atoms with E-state index in [0.29, 0.717) is 11.4 Å². The number of hydrogen-bond acceptors (Lipinski definition) is 3. The summed E-state index contributed by atoms with van der Waals surface area (Å²) in [6, 6.07) is 11.3. The molecule has 2 aromatic rings. The molecule has 2 rings (SSSR count). The van der Waals surface area contributed by atoms with Gasteiger partial charge in [0.05, 0.1) is 5.56 Å². The predicted molar refractivity (Wildman–Crippen MR) is 72.0 cm³/mol. The summed E-state index contributed by atoms with van der Waals surface area (Å²) in [4.78, 5) is 15.8. The van der Waals surface area contributed by atoms with Crippen molar-refractivity contribution in [3.63, 3.8) is 0 Å². The van der Waals surface area contributed by atoms with Crippen LogP contribution in [0.25, 0.3) is 0 Å². The van der Waals surface area contributed by atoms with E-state index in [9.17, 15) is 4.79 Å². The molecule has 0 atom stereocenters. The minimum atomic E-state index is -0.482. The zero-order valence-electron chi connectivity index (χ0n) is 10.4. The lowest BCUT2D eigenvalue weighted by Crippen LogP contribution is -2.15. The van der Waals surface area contributed by atoms with Crippen LogP contribution in [0.15, 0.2) is 36.4 Å². The molecular weight excluding hydrogens is 226 g/mol. The Morgan fingerprint density at radius 1 is 1.22 bits per heavy atom. The number of pyridine rings is 1. The molecule has 0 bridgehead atoms. The van der Waals surface area contributed by atoms with Crippen LogP contribution in [0.4, 0.5) is 11.5 Å². The number of carbonyl (C=O) groups is 1. The van der Waals surface area contributed by atoms with Crippen molar-refractivity contribution >= 4 is 17.4 Å². The molecule has 1 aromatic heterocycles. The summed E-state index contributed by atoms with van der Waals surface area (Å²) in [5.41, 5.74) is 8.46. The van der Waals surface area contributed by atoms with Crippen LogP contribution in [0.3, 0.4) is 0 Å². The normalized spacial score (nSPS) is 10.1. The van der Waals surface area contributed by atoms with Crippen molar-refractivity contribution in [2.45, 2.75) is 13.8 Å². The molecule has 1 heterocycles. The molecule has 0 fully saturated rings. The Balaban J connectivity index is 2.43. The average Bonchev–Trinajstić information content (AvgIpc) is 2.34. The van der Waals surface area contributed by atoms with Crippen molar-refractivity contribution < 1.29 is 4.79 Å². The first-order valence-corrected chi connectivity index (χ1v) is 5.68. The number of nitrogens with zero attached hydrogens (tertiary/aromatic N) is 1. The lowest BCUT2D eigenvalue weighted by molar-refractivity contribution is 0.100. The summed E-state index contributed by atoms with van der Waals surface area (Å²) in [7, 11) is 0. The molecule has 4 nitrogen and oxygen atoms in total. The zero-order chi connectivity index (χ0) is 13.1. The van der Waals surface area contributed by atoms with Crippen LogP contribution in [0.2, 0.25) is 0 Å². The number of aromatic nitrogens is 1. The van der Waals surface area contributed by atoms with Gasteiger partial charge in [0.15, 0.2) is 0 Å². The van der Waals surface area contributed by atoms with E-state index in [1.165, 1.54) is 0 Å². The van der Waals surface area contributed by atoms with E-state index in [1.54, 1.807) is 6.07 Å². The minimum Gasteiger partial charge on any atom is -0.365 e. The van der Waals surface area contributed by atoms with Crippen LogP contribution in [0.1, 0.15) is 21.6 Å². The Bertz CT molecular complexity index is 579. The second-order valence-electron chi connectivity index (χ2n) is 4.14. The van der Waals surface area contributed by atoms with Crippen LogP contribution < -0.4 is 11.1 Å². The Labute approximate surface area is 106 Å². The van der Waals surface area contributed by atoms with Crippen LogP contribution >= 0.6 is 0 Å². The molecule has 0 saturated carbocycles. The van der Waals surface area contributed by atoms with Crippen molar-refractivity contribution in [2.24, 2.45) is 5.73 Å². The molecule has 1 aromatic carbocycles. The van der Waals surface area contributed by atoms with Gasteiger partial charge in [0.2, 0.25) is 0 Å². The summed E-state index contributed by atoms with van der Waals surface area (Å²) in [5.74, 6) is 0.0147. The van der Waals surface area contributed by atoms with Crippen molar-refractivity contribution in [3.05, 3.63) is 53.2 Å². The summed E-state index contributed by atoms with van der Waals surface area (Å²) in [6.45, 7) is 3.80. The number of nitrogens with one attached hydrogen (secondary N) is 1. The molecule has 0 aliphatic heterocycles. The highest BCUT2D eigenvalue weighted by atomic mass is 16.1. The molecule has 92 valence electrons. The van der Waals surface area contributed by atoms with Crippen molar-refractivity contribution in [1.82, 2.24) is 4.98 Å². The van der Waals surface area contributed by atoms with Crippen LogP contribution in [-0.4, -0.2) is 10.9 Å². The van der Waals surface area contributed by atoms with Gasteiger partial charge in [-0.05, 0) is 37.6 Å². The van der Waals surface area contributed by atoms with E-state index < -0.39 is 5.91 Å². The Kier molecular flexibility index (Phi) is 3.28. The van der Waals surface area contributed by atoms with Crippen LogP contribution in [0.5, 0.6) is 0 Å². The number of amides is 1. The minimum absolute atomic E-state index is 0.405. The lowest BCUT2D eigenvalue weighted by atomic mass is 10.1. The fraction of sp³-hybridized carbons (Fsp3) is 0.143. The molecule has 18 heavy (non-hydrogen) atoms. The van der Waals surface area contributed by atoms with E-state index >= 15 is 0 Å². The van der Waals surface area contributed by atoms with Gasteiger partial charge in [0.25, 0.3) is 5.91 Å². The predicted octanol–water partition coefficient (Wildman–Crippen LogP) is 2.54. The highest BCUT2D eigenvalue weighted by Crippen LogP contribution is 2.20. The standard InChI is InChI=1S/C14H15N3O/c1-9-8-12(13(15)18)14(16-10(9)2)17-11-6-4-3-5-7-11/h3-8H,1-2H3,(H2,15,18)(H,16,17). The third-order valence-electron chi connectivity index (χ3n) is 2.77. The molecule has 0 spiro atoms. The first kappa shape index (κ1) is 12.1. The molecule has 0 aliphatic rings. The number of anilines is 2. The van der Waals surface area contributed by atoms with Gasteiger partial charge in [-0.2, -0.15) is 0 Å². The number of para-hydroxylation sites is 1. The molecule has 1 amide bonds. The number of nitrogens with two attached hydrogens (primary N) is 1. The fourth-order valence-electron chi connectivity index (χ4n) is 1.65. The number of rotatable bonds is 3. The van der Waals surface area contributed by atoms with Gasteiger partial charge in [-0.15, -0.1) is 0 Å². The topological polar surface area (TPSA) is 68.0 Å². The van der Waals surface area contributed by atoms with Gasteiger partial charge in [-0.1, -0.05) is 18.2 Å². The van der Waals surface area contributed by atoms with Gasteiger partial charge in [-0.3, -0.25) is 4.79 Å². The number of carbonyl (C=O) groups excluding carboxylic acids is 1. The maximum Gasteiger partial charge on any atom is 0.252 e. The number of benzene rings is 1. The second kappa shape index (κ2) is 4.87. The van der Waals surface area contributed by atoms with Crippen LogP contribution in [-0.2, 0) is 0 Å². The molecule has 4 heteroatoms. The number of primary amides is 1. The number of hydrogen-bond donors (Lipinski definition) is 2. The van der Waals surface area contributed by atoms with E-state index in [0.717, 1.165) is 16.9 Å². The fourth-order valence-corrected chi connectivity index (χ4v) is 1.65. The largest absolute Gasteiger partial charge is 0.365 e. The maximum absolute atomic E-state index is 11.4. The van der Waals surface area contributed by atoms with Gasteiger partial charge in [-0.25, -0.2) is 4.98 Å². The Morgan fingerprint density at radius 2 is 1.89 bits per heavy atom. The van der Waals surface area contributed by atoms with E-state index in [2.05, 4.69) is 10.3 Å². The molecule has 0 radical (unpaired) electrons. The maximum atomic E-state index is 11.4. The summed E-state index contributed by atoms with van der Waals surface area (Å²) in [5, 5.41) is 3.11. The highest BCUT2D eigenvalue weighted by molar-refractivity contribution is 5.98. The van der Waals surface area contributed by atoms with Crippen molar-refractivity contribution in [1.29, 1.82) is 0 Å². The summed E-state index contributed by atoms with van der Waals surface area (Å²) >= 11 is 0. The molecule has 3 N–H and O–H groups in total. The zero-order valence-corrected chi connectivity index (χ0v) is 10.4. The summed E-state index contributed by atoms with van der Waals surface area (Å²) in [6.07, 6.45) is 0. The molecule has 0 unspecified atom stereocenters. The first-order valence-electron chi connectivity index (χ1n) is 5.68. The van der Waals surface area contributed by atoms with E-state index in [1.807, 2.05) is 44.2 Å². The smallest absolute Gasteiger partial charge is 0.252 e. The summed E-state index contributed by atoms with van der Waals surface area (Å²) < 4.78 is 0. The van der Waals surface area contributed by atoms with Crippen LogP contribution in [0, 0.1) is 13.8 Å². The van der Waals surface area contributed by atoms with E-state index in [4.69, 9.17) is 5.73 Å². The lowest BCUT2D eigenvalue weighted by Gasteiger charge is -2.11. The number of aryl methyl sites for hydroxylation is 2. The quantitative estimate of drug-likeness (QED) is 0.867. The average molecular weight is 241 g/mol. The molecular formula is C14H15N3O. The molecule has 0 saturated heterocycles. The van der Waals surface area contributed by atoms with E-state index in [-0.39, 0.29) is 0 Å². The van der Waals surface area contributed by atoms with Crippen molar-refractivity contribution in [3.8, 4) is 0 Å². The first-order chi connectivity index (χ1) is 8.58. The monoisotopic (exact) mass is 241 g/mol. The second-order valence-corrected chi connectivity index (χ2v) is 4.14. The van der Waals surface area contributed by atoms with Gasteiger partial charge >= 0.3 is 0 Å². The third kappa shape index (κ3) is 2.48. The SMILES string of the molecule is Cc1cc(C(N)=O)c(Nc2ccccc2)nc1C. The van der Waals surface area contributed by atoms with Crippen molar-refractivity contribution in [2.75, 3.05) is 5.32 Å². The highest BCUT2D eigenvalue weighted by Gasteiger charge is 2.12. The Hall–Kier alpha value is -2.36. The third-order valence-corrected chi connectivity index (χ3v) is 2.77. The van der Waals surface area contributed by atoms with Gasteiger partial charge in [0.1, 0.15) is 5.82 Å².